The summed E-state index contributed by atoms with van der Waals surface area (Å²) >= 11 is 13.2. The minimum atomic E-state index is -1.74. The van der Waals surface area contributed by atoms with Gasteiger partial charge in [0.1, 0.15) is 0 Å². The zero-order valence-electron chi connectivity index (χ0n) is 5.00. The van der Waals surface area contributed by atoms with Crippen molar-refractivity contribution in [2.45, 2.75) is 0 Å². The molecule has 0 unspecified atom stereocenters. The number of halogens is 2. The van der Waals surface area contributed by atoms with Gasteiger partial charge in [-0.25, -0.2) is 0 Å². The summed E-state index contributed by atoms with van der Waals surface area (Å²) in [5.41, 5.74) is 0. The zero-order valence-corrected chi connectivity index (χ0v) is 10.3. The summed E-state index contributed by atoms with van der Waals surface area (Å²) in [6.07, 6.45) is 0. The molecular weight excluding hydrogens is 358 g/mol. The quantitative estimate of drug-likeness (QED) is 0.673. The zero-order chi connectivity index (χ0) is 7.61. The van der Waals surface area contributed by atoms with E-state index in [9.17, 15) is 0 Å². The van der Waals surface area contributed by atoms with Gasteiger partial charge in [0.25, 0.3) is 0 Å². The van der Waals surface area contributed by atoms with E-state index in [0.717, 1.165) is 5.30 Å². The second-order valence-corrected chi connectivity index (χ2v) is 17.5. The Hall–Kier alpha value is 0.918. The molecule has 4 heteroatoms. The fourth-order valence-electron chi connectivity index (χ4n) is 0.602. The van der Waals surface area contributed by atoms with E-state index in [2.05, 4.69) is 0 Å². The van der Waals surface area contributed by atoms with Crippen molar-refractivity contribution >= 4 is 31.4 Å². The van der Waals surface area contributed by atoms with Crippen molar-refractivity contribution in [3.8, 4) is 0 Å². The fraction of sp³-hybridized carbons (Fsp3) is 0. The van der Waals surface area contributed by atoms with E-state index in [1.54, 1.807) is 0 Å². The molecular formula is C6H5Cl2PW. The molecule has 0 aliphatic rings. The molecule has 0 saturated carbocycles. The van der Waals surface area contributed by atoms with Gasteiger partial charge in [0.2, 0.25) is 0 Å². The van der Waals surface area contributed by atoms with Crippen molar-refractivity contribution in [3.05, 3.63) is 30.3 Å². The van der Waals surface area contributed by atoms with Crippen LogP contribution in [-0.4, -0.2) is 0 Å². The average Bonchev–Trinajstić information content (AvgIpc) is 1.88. The van der Waals surface area contributed by atoms with Crippen LogP contribution in [0.15, 0.2) is 30.3 Å². The van der Waals surface area contributed by atoms with Crippen LogP contribution in [0.1, 0.15) is 0 Å². The Morgan fingerprint density at radius 3 is 1.90 bits per heavy atom. The summed E-state index contributed by atoms with van der Waals surface area (Å²) in [7, 11) is 0. The second kappa shape index (κ2) is 3.54. The molecule has 0 amide bonds. The Balaban J connectivity index is 3.09. The van der Waals surface area contributed by atoms with Crippen LogP contribution in [0, 0.1) is 0 Å². The first-order valence-electron chi connectivity index (χ1n) is 2.65. The van der Waals surface area contributed by atoms with Crippen molar-refractivity contribution in [3.63, 3.8) is 0 Å². The summed E-state index contributed by atoms with van der Waals surface area (Å²) in [6, 6.07) is 9.82. The first kappa shape index (κ1) is 9.01. The predicted octanol–water partition coefficient (Wildman–Crippen LogP) is 3.10. The Morgan fingerprint density at radius 2 is 1.60 bits per heavy atom. The van der Waals surface area contributed by atoms with Gasteiger partial charge in [-0.15, -0.1) is 0 Å². The van der Waals surface area contributed by atoms with Crippen LogP contribution >= 0.6 is 26.1 Å². The Kier molecular flexibility index (Phi) is 3.19. The van der Waals surface area contributed by atoms with Crippen molar-refractivity contribution in [2.24, 2.45) is 0 Å². The molecule has 0 heterocycles. The van der Waals surface area contributed by atoms with E-state index < -0.39 is 3.60 Å². The molecule has 0 aliphatic heterocycles. The standard InChI is InChI=1S/C6H5Cl2P.W/c7-9(8)6-4-2-1-3-5-6;/h1-5H;. The average molecular weight is 363 g/mol. The molecule has 1 aromatic rings. The molecule has 54 valence electrons. The molecule has 0 atom stereocenters. The van der Waals surface area contributed by atoms with Crippen molar-refractivity contribution in [1.29, 1.82) is 0 Å². The number of hydrogen-bond donors (Lipinski definition) is 0. The van der Waals surface area contributed by atoms with Crippen LogP contribution in [0.3, 0.4) is 0 Å². The van der Waals surface area contributed by atoms with E-state index in [-0.39, 0.29) is 0 Å². The molecule has 0 saturated heterocycles. The monoisotopic (exact) mass is 362 g/mol. The molecule has 0 fully saturated rings. The van der Waals surface area contributed by atoms with Crippen LogP contribution in [0.5, 0.6) is 0 Å². The predicted molar refractivity (Wildman–Crippen MR) is 44.7 cm³/mol. The number of hydrogen-bond acceptors (Lipinski definition) is 0. The first-order valence-corrected chi connectivity index (χ1v) is 10.1. The normalized spacial score (nSPS) is 11.4. The van der Waals surface area contributed by atoms with Gasteiger partial charge in [0.05, 0.1) is 0 Å². The van der Waals surface area contributed by atoms with Crippen LogP contribution in [0.4, 0.5) is 0 Å². The van der Waals surface area contributed by atoms with E-state index in [1.807, 2.05) is 30.3 Å². The summed E-state index contributed by atoms with van der Waals surface area (Å²) in [5, 5.41) is 1.08. The molecule has 0 radical (unpaired) electrons. The minimum absolute atomic E-state index is 1.08. The second-order valence-electron chi connectivity index (χ2n) is 1.80. The van der Waals surface area contributed by atoms with Crippen LogP contribution in [0.2, 0.25) is 0 Å². The fourth-order valence-corrected chi connectivity index (χ4v) is 3.11. The topological polar surface area (TPSA) is 0 Å². The Morgan fingerprint density at radius 1 is 1.10 bits per heavy atom. The van der Waals surface area contributed by atoms with Crippen LogP contribution in [-0.2, 0) is 18.8 Å². The first-order chi connectivity index (χ1) is 4.61. The van der Waals surface area contributed by atoms with Gasteiger partial charge < -0.3 is 0 Å². The molecule has 10 heavy (non-hydrogen) atoms. The number of benzene rings is 1. The Bertz CT molecular complexity index is 254. The molecule has 0 N–H and O–H groups in total. The summed E-state index contributed by atoms with van der Waals surface area (Å²) < 4.78 is -1.74. The molecule has 0 nitrogen and oxygen atoms in total. The van der Waals surface area contributed by atoms with Gasteiger partial charge in [0.15, 0.2) is 0 Å². The molecule has 1 rings (SSSR count). The molecule has 0 aromatic heterocycles. The maximum atomic E-state index is 5.97. The third kappa shape index (κ3) is 2.51. The van der Waals surface area contributed by atoms with Gasteiger partial charge in [-0.2, -0.15) is 0 Å². The SMILES string of the molecule is Cl[P](Cl)(=[W])c1ccccc1. The molecule has 1 aromatic carbocycles. The van der Waals surface area contributed by atoms with Crippen LogP contribution < -0.4 is 5.30 Å². The van der Waals surface area contributed by atoms with Gasteiger partial charge in [-0.1, -0.05) is 0 Å². The molecule has 0 aliphatic carbocycles. The Labute approximate surface area is 80.2 Å². The van der Waals surface area contributed by atoms with Crippen molar-refractivity contribution < 1.29 is 18.8 Å². The van der Waals surface area contributed by atoms with E-state index in [4.69, 9.17) is 22.5 Å². The van der Waals surface area contributed by atoms with Gasteiger partial charge in [-0.05, 0) is 0 Å². The van der Waals surface area contributed by atoms with Crippen LogP contribution in [0.25, 0.3) is 0 Å². The van der Waals surface area contributed by atoms with Gasteiger partial charge in [-0.3, -0.25) is 0 Å². The summed E-state index contributed by atoms with van der Waals surface area (Å²) in [4.78, 5) is 0. The third-order valence-corrected chi connectivity index (χ3v) is 5.40. The molecule has 0 bridgehead atoms. The van der Waals surface area contributed by atoms with E-state index >= 15 is 0 Å². The molecule has 0 spiro atoms. The van der Waals surface area contributed by atoms with Gasteiger partial charge in [0, 0.05) is 0 Å². The van der Waals surface area contributed by atoms with Gasteiger partial charge >= 0.3 is 80.5 Å². The van der Waals surface area contributed by atoms with Crippen molar-refractivity contribution in [1.82, 2.24) is 0 Å². The summed E-state index contributed by atoms with van der Waals surface area (Å²) in [5.74, 6) is 0. The summed E-state index contributed by atoms with van der Waals surface area (Å²) in [6.45, 7) is 0. The third-order valence-electron chi connectivity index (χ3n) is 1.06. The number of rotatable bonds is 1. The van der Waals surface area contributed by atoms with Crippen molar-refractivity contribution in [2.75, 3.05) is 0 Å². The maximum absolute atomic E-state index is 5.97. The van der Waals surface area contributed by atoms with E-state index in [0.29, 0.717) is 0 Å². The van der Waals surface area contributed by atoms with E-state index in [1.165, 1.54) is 18.8 Å².